The highest BCUT2D eigenvalue weighted by atomic mass is 35.5. The summed E-state index contributed by atoms with van der Waals surface area (Å²) in [5.41, 5.74) is 2.19. The van der Waals surface area contributed by atoms with Crippen molar-refractivity contribution in [1.29, 1.82) is 0 Å². The minimum atomic E-state index is -0.714. The normalized spacial score (nSPS) is 10.7. The predicted octanol–water partition coefficient (Wildman–Crippen LogP) is 4.32. The lowest BCUT2D eigenvalue weighted by atomic mass is 10.1. The van der Waals surface area contributed by atoms with E-state index in [9.17, 15) is 9.59 Å². The largest absolute Gasteiger partial charge is 0.421 e. The van der Waals surface area contributed by atoms with Gasteiger partial charge >= 0.3 is 5.63 Å². The zero-order valence-corrected chi connectivity index (χ0v) is 13.4. The predicted molar refractivity (Wildman–Crippen MR) is 91.4 cm³/mol. The van der Waals surface area contributed by atoms with Gasteiger partial charge in [-0.1, -0.05) is 35.9 Å². The van der Waals surface area contributed by atoms with Crippen molar-refractivity contribution in [3.05, 3.63) is 74.6 Å². The molecule has 1 N–H and O–H groups in total. The fourth-order valence-corrected chi connectivity index (χ4v) is 2.56. The molecule has 2 aromatic carbocycles. The minimum Gasteiger partial charge on any atom is -0.421 e. The van der Waals surface area contributed by atoms with Crippen molar-refractivity contribution < 1.29 is 9.21 Å². The second-order valence-corrected chi connectivity index (χ2v) is 5.71. The first-order valence-corrected chi connectivity index (χ1v) is 7.45. The topological polar surface area (TPSA) is 59.3 Å². The van der Waals surface area contributed by atoms with Crippen molar-refractivity contribution in [2.45, 2.75) is 13.8 Å². The maximum Gasteiger partial charge on any atom is 0.349 e. The van der Waals surface area contributed by atoms with Gasteiger partial charge < -0.3 is 9.73 Å². The van der Waals surface area contributed by atoms with Gasteiger partial charge in [-0.15, -0.1) is 0 Å². The standard InChI is InChI=1S/C18H14ClNO3/c1-10-5-3-8-15(11(10)2)20-17(21)13-9-12-6-4-7-14(19)16(12)23-18(13)22/h3-9H,1-2H3,(H,20,21). The molecule has 3 aromatic rings. The Morgan fingerprint density at radius 1 is 1.13 bits per heavy atom. The third kappa shape index (κ3) is 2.85. The molecule has 0 fully saturated rings. The Labute approximate surface area is 137 Å². The van der Waals surface area contributed by atoms with E-state index in [0.717, 1.165) is 11.1 Å². The second kappa shape index (κ2) is 5.89. The first-order valence-electron chi connectivity index (χ1n) is 7.07. The average Bonchev–Trinajstić information content (AvgIpc) is 2.52. The number of benzene rings is 2. The van der Waals surface area contributed by atoms with Gasteiger partial charge in [-0.05, 0) is 43.2 Å². The number of hydrogen-bond donors (Lipinski definition) is 1. The van der Waals surface area contributed by atoms with E-state index in [4.69, 9.17) is 16.0 Å². The first kappa shape index (κ1) is 15.3. The van der Waals surface area contributed by atoms with Crippen LogP contribution in [0.25, 0.3) is 11.0 Å². The number of carbonyl (C=O) groups is 1. The molecular weight excluding hydrogens is 314 g/mol. The van der Waals surface area contributed by atoms with Crippen LogP contribution in [0.3, 0.4) is 0 Å². The molecule has 1 amide bonds. The third-order valence-electron chi connectivity index (χ3n) is 3.81. The number of rotatable bonds is 2. The molecule has 0 aliphatic carbocycles. The number of aryl methyl sites for hydroxylation is 1. The van der Waals surface area contributed by atoms with E-state index >= 15 is 0 Å². The molecule has 0 saturated carbocycles. The number of nitrogens with one attached hydrogen (secondary N) is 1. The maximum absolute atomic E-state index is 12.4. The Morgan fingerprint density at radius 2 is 1.87 bits per heavy atom. The van der Waals surface area contributed by atoms with E-state index in [-0.39, 0.29) is 11.1 Å². The zero-order chi connectivity index (χ0) is 16.6. The fraction of sp³-hybridized carbons (Fsp3) is 0.111. The highest BCUT2D eigenvalue weighted by molar-refractivity contribution is 6.34. The van der Waals surface area contributed by atoms with Crippen LogP contribution in [0.5, 0.6) is 0 Å². The summed E-state index contributed by atoms with van der Waals surface area (Å²) in [6, 6.07) is 12.2. The fourth-order valence-electron chi connectivity index (χ4n) is 2.34. The van der Waals surface area contributed by atoms with E-state index in [1.165, 1.54) is 6.07 Å². The van der Waals surface area contributed by atoms with Crippen LogP contribution in [0.1, 0.15) is 21.5 Å². The molecular formula is C18H14ClNO3. The molecule has 116 valence electrons. The lowest BCUT2D eigenvalue weighted by molar-refractivity contribution is 0.102. The van der Waals surface area contributed by atoms with Crippen molar-refractivity contribution in [3.63, 3.8) is 0 Å². The van der Waals surface area contributed by atoms with Gasteiger partial charge in [0.1, 0.15) is 5.56 Å². The highest BCUT2D eigenvalue weighted by Crippen LogP contribution is 2.23. The van der Waals surface area contributed by atoms with Crippen molar-refractivity contribution in [3.8, 4) is 0 Å². The molecule has 5 heteroatoms. The Morgan fingerprint density at radius 3 is 2.65 bits per heavy atom. The van der Waals surface area contributed by atoms with E-state index < -0.39 is 11.5 Å². The zero-order valence-electron chi connectivity index (χ0n) is 12.6. The number of amides is 1. The van der Waals surface area contributed by atoms with E-state index in [1.54, 1.807) is 24.3 Å². The van der Waals surface area contributed by atoms with Crippen molar-refractivity contribution in [1.82, 2.24) is 0 Å². The summed E-state index contributed by atoms with van der Waals surface area (Å²) in [5, 5.41) is 3.69. The molecule has 4 nitrogen and oxygen atoms in total. The van der Waals surface area contributed by atoms with Crippen LogP contribution in [0.15, 0.2) is 51.7 Å². The van der Waals surface area contributed by atoms with Crippen LogP contribution in [-0.4, -0.2) is 5.91 Å². The summed E-state index contributed by atoms with van der Waals surface area (Å²) in [6.45, 7) is 3.87. The number of halogens is 1. The first-order chi connectivity index (χ1) is 11.0. The Balaban J connectivity index is 2.03. The van der Waals surface area contributed by atoms with Gasteiger partial charge in [-0.25, -0.2) is 4.79 Å². The summed E-state index contributed by atoms with van der Waals surface area (Å²) >= 11 is 6.00. The summed E-state index contributed by atoms with van der Waals surface area (Å²) in [6.07, 6.45) is 0. The number of anilines is 1. The average molecular weight is 328 g/mol. The smallest absolute Gasteiger partial charge is 0.349 e. The van der Waals surface area contributed by atoms with Crippen LogP contribution in [0, 0.1) is 13.8 Å². The molecule has 1 aromatic heterocycles. The Hall–Kier alpha value is -2.59. The van der Waals surface area contributed by atoms with E-state index in [0.29, 0.717) is 16.1 Å². The molecule has 0 radical (unpaired) electrons. The molecule has 23 heavy (non-hydrogen) atoms. The number of fused-ring (bicyclic) bond motifs is 1. The van der Waals surface area contributed by atoms with Crippen LogP contribution in [-0.2, 0) is 0 Å². The van der Waals surface area contributed by atoms with Crippen LogP contribution < -0.4 is 10.9 Å². The maximum atomic E-state index is 12.4. The molecule has 1 heterocycles. The van der Waals surface area contributed by atoms with E-state index in [1.807, 2.05) is 26.0 Å². The summed E-state index contributed by atoms with van der Waals surface area (Å²) < 4.78 is 5.19. The van der Waals surface area contributed by atoms with Gasteiger partial charge in [0.05, 0.1) is 5.02 Å². The summed E-state index contributed by atoms with van der Waals surface area (Å²) in [7, 11) is 0. The summed E-state index contributed by atoms with van der Waals surface area (Å²) in [5.74, 6) is -0.505. The number of hydrogen-bond acceptors (Lipinski definition) is 3. The third-order valence-corrected chi connectivity index (χ3v) is 4.11. The van der Waals surface area contributed by atoms with Gasteiger partial charge in [0.25, 0.3) is 5.91 Å². The van der Waals surface area contributed by atoms with Crippen molar-refractivity contribution in [2.75, 3.05) is 5.32 Å². The molecule has 0 aliphatic rings. The monoisotopic (exact) mass is 327 g/mol. The second-order valence-electron chi connectivity index (χ2n) is 5.31. The molecule has 3 rings (SSSR count). The van der Waals surface area contributed by atoms with Crippen molar-refractivity contribution in [2.24, 2.45) is 0 Å². The van der Waals surface area contributed by atoms with Gasteiger partial charge in [-0.3, -0.25) is 4.79 Å². The SMILES string of the molecule is Cc1cccc(NC(=O)c2cc3cccc(Cl)c3oc2=O)c1C. The van der Waals surface area contributed by atoms with Crippen LogP contribution >= 0.6 is 11.6 Å². The molecule has 0 spiro atoms. The lowest BCUT2D eigenvalue weighted by Gasteiger charge is -2.10. The lowest BCUT2D eigenvalue weighted by Crippen LogP contribution is -2.21. The summed E-state index contributed by atoms with van der Waals surface area (Å²) in [4.78, 5) is 24.5. The van der Waals surface area contributed by atoms with Crippen LogP contribution in [0.2, 0.25) is 5.02 Å². The molecule has 0 aliphatic heterocycles. The van der Waals surface area contributed by atoms with Crippen molar-refractivity contribution >= 4 is 34.2 Å². The number of para-hydroxylation sites is 1. The van der Waals surface area contributed by atoms with Crippen LogP contribution in [0.4, 0.5) is 5.69 Å². The molecule has 0 atom stereocenters. The Kier molecular flexibility index (Phi) is 3.92. The molecule has 0 bridgehead atoms. The number of carbonyl (C=O) groups excluding carboxylic acids is 1. The quantitative estimate of drug-likeness (QED) is 0.713. The highest BCUT2D eigenvalue weighted by Gasteiger charge is 2.16. The molecule has 0 saturated heterocycles. The minimum absolute atomic E-state index is 0.0549. The van der Waals surface area contributed by atoms with Gasteiger partial charge in [0.15, 0.2) is 5.58 Å². The van der Waals surface area contributed by atoms with E-state index in [2.05, 4.69) is 5.32 Å². The Bertz CT molecular complexity index is 976. The molecule has 0 unspecified atom stereocenters. The van der Waals surface area contributed by atoms with Gasteiger partial charge in [0, 0.05) is 11.1 Å². The van der Waals surface area contributed by atoms with Gasteiger partial charge in [-0.2, -0.15) is 0 Å². The van der Waals surface area contributed by atoms with Gasteiger partial charge in [0.2, 0.25) is 0 Å².